The fraction of sp³-hybridized carbons (Fsp3) is 0.136. The fourth-order valence-electron chi connectivity index (χ4n) is 2.89. The molecule has 5 nitrogen and oxygen atoms in total. The molecule has 0 atom stereocenters. The molecule has 0 saturated carbocycles. The summed E-state index contributed by atoms with van der Waals surface area (Å²) in [5, 5.41) is 9.54. The van der Waals surface area contributed by atoms with Crippen molar-refractivity contribution in [3.05, 3.63) is 76.2 Å². The van der Waals surface area contributed by atoms with Crippen LogP contribution in [0.5, 0.6) is 0 Å². The molecule has 2 aromatic carbocycles. The van der Waals surface area contributed by atoms with Gasteiger partial charge in [-0.3, -0.25) is 4.79 Å². The zero-order chi connectivity index (χ0) is 20.8. The van der Waals surface area contributed by atoms with Crippen molar-refractivity contribution in [1.82, 2.24) is 4.57 Å². The van der Waals surface area contributed by atoms with Crippen LogP contribution in [0, 0.1) is 17.1 Å². The lowest BCUT2D eigenvalue weighted by Gasteiger charge is -2.01. The number of halogens is 2. The van der Waals surface area contributed by atoms with Crippen molar-refractivity contribution in [3.63, 3.8) is 0 Å². The van der Waals surface area contributed by atoms with Crippen LogP contribution in [0.25, 0.3) is 17.0 Å². The van der Waals surface area contributed by atoms with E-state index in [0.717, 1.165) is 17.0 Å². The Labute approximate surface area is 175 Å². The summed E-state index contributed by atoms with van der Waals surface area (Å²) in [6.07, 6.45) is 4.36. The SMILES string of the molecule is N#CCCn1cc(C(=O)COC(=O)/C=C/c2cc(Br)ccc2F)c2ccccc21. The van der Waals surface area contributed by atoms with Gasteiger partial charge in [-0.25, -0.2) is 9.18 Å². The van der Waals surface area contributed by atoms with Gasteiger partial charge in [0.1, 0.15) is 5.82 Å². The lowest BCUT2D eigenvalue weighted by atomic mass is 10.1. The Hall–Kier alpha value is -3.24. The molecule has 0 aliphatic carbocycles. The Bertz CT molecular complexity index is 1140. The minimum Gasteiger partial charge on any atom is -0.454 e. The molecule has 1 aromatic heterocycles. The summed E-state index contributed by atoms with van der Waals surface area (Å²) < 4.78 is 21.2. The molecule has 0 spiro atoms. The molecule has 146 valence electrons. The van der Waals surface area contributed by atoms with E-state index >= 15 is 0 Å². The maximum Gasteiger partial charge on any atom is 0.331 e. The first kappa shape index (κ1) is 20.5. The monoisotopic (exact) mass is 454 g/mol. The summed E-state index contributed by atoms with van der Waals surface area (Å²) in [5.74, 6) is -1.57. The Balaban J connectivity index is 1.69. The summed E-state index contributed by atoms with van der Waals surface area (Å²) >= 11 is 3.24. The number of carbonyl (C=O) groups is 2. The van der Waals surface area contributed by atoms with Gasteiger partial charge in [0.2, 0.25) is 5.78 Å². The Morgan fingerprint density at radius 3 is 2.83 bits per heavy atom. The van der Waals surface area contributed by atoms with E-state index in [4.69, 9.17) is 10.00 Å². The maximum absolute atomic E-state index is 13.7. The third kappa shape index (κ3) is 4.98. The second-order valence-corrected chi connectivity index (χ2v) is 7.11. The van der Waals surface area contributed by atoms with Gasteiger partial charge in [0.25, 0.3) is 0 Å². The zero-order valence-electron chi connectivity index (χ0n) is 15.3. The minimum atomic E-state index is -0.744. The highest BCUT2D eigenvalue weighted by Crippen LogP contribution is 2.22. The maximum atomic E-state index is 13.7. The van der Waals surface area contributed by atoms with E-state index in [0.29, 0.717) is 23.0 Å². The number of ether oxygens (including phenoxy) is 1. The van der Waals surface area contributed by atoms with Gasteiger partial charge in [-0.2, -0.15) is 5.26 Å². The number of ketones is 1. The molecule has 0 N–H and O–H groups in total. The summed E-state index contributed by atoms with van der Waals surface area (Å²) in [7, 11) is 0. The lowest BCUT2D eigenvalue weighted by Crippen LogP contribution is -2.12. The first-order valence-corrected chi connectivity index (χ1v) is 9.57. The number of benzene rings is 2. The van der Waals surface area contributed by atoms with Crippen LogP contribution in [-0.4, -0.2) is 22.9 Å². The van der Waals surface area contributed by atoms with Crippen molar-refractivity contribution >= 4 is 44.7 Å². The van der Waals surface area contributed by atoms with Crippen LogP contribution in [0.4, 0.5) is 4.39 Å². The molecular formula is C22H16BrFN2O3. The standard InChI is InChI=1S/C22H16BrFN2O3/c23-16-7-8-19(24)15(12-16)6-9-22(28)29-14-21(27)18-13-26(11-3-10-25)20-5-2-1-4-17(18)20/h1-2,4-9,12-13H,3,11,14H2/b9-6+. The number of para-hydroxylation sites is 1. The van der Waals surface area contributed by atoms with Crippen molar-refractivity contribution < 1.29 is 18.7 Å². The predicted octanol–water partition coefficient (Wildman–Crippen LogP) is 4.90. The van der Waals surface area contributed by atoms with Crippen LogP contribution in [0.3, 0.4) is 0 Å². The zero-order valence-corrected chi connectivity index (χ0v) is 16.9. The van der Waals surface area contributed by atoms with Crippen LogP contribution in [0.2, 0.25) is 0 Å². The number of aryl methyl sites for hydroxylation is 1. The van der Waals surface area contributed by atoms with Crippen LogP contribution in [0.1, 0.15) is 22.3 Å². The summed E-state index contributed by atoms with van der Waals surface area (Å²) in [6.45, 7) is 0.0292. The Morgan fingerprint density at radius 1 is 1.24 bits per heavy atom. The molecule has 0 amide bonds. The Kier molecular flexibility index (Phi) is 6.57. The number of Topliss-reactive ketones (excluding diaryl/α,β-unsaturated/α-hetero) is 1. The third-order valence-electron chi connectivity index (χ3n) is 4.26. The van der Waals surface area contributed by atoms with Crippen molar-refractivity contribution in [1.29, 1.82) is 5.26 Å². The molecule has 7 heteroatoms. The van der Waals surface area contributed by atoms with E-state index in [1.807, 2.05) is 28.8 Å². The molecule has 1 heterocycles. The lowest BCUT2D eigenvalue weighted by molar-refractivity contribution is -0.136. The van der Waals surface area contributed by atoms with Crippen molar-refractivity contribution in [2.75, 3.05) is 6.61 Å². The number of fused-ring (bicyclic) bond motifs is 1. The summed E-state index contributed by atoms with van der Waals surface area (Å²) in [6, 6.07) is 13.8. The van der Waals surface area contributed by atoms with Crippen LogP contribution >= 0.6 is 15.9 Å². The molecule has 29 heavy (non-hydrogen) atoms. The van der Waals surface area contributed by atoms with Crippen LogP contribution < -0.4 is 0 Å². The fourth-order valence-corrected chi connectivity index (χ4v) is 3.27. The number of esters is 1. The first-order valence-electron chi connectivity index (χ1n) is 8.77. The molecule has 0 aliphatic heterocycles. The number of hydrogen-bond donors (Lipinski definition) is 0. The second-order valence-electron chi connectivity index (χ2n) is 6.19. The van der Waals surface area contributed by atoms with E-state index in [9.17, 15) is 14.0 Å². The average molecular weight is 455 g/mol. The molecular weight excluding hydrogens is 439 g/mol. The van der Waals surface area contributed by atoms with E-state index in [2.05, 4.69) is 22.0 Å². The highest BCUT2D eigenvalue weighted by molar-refractivity contribution is 9.10. The average Bonchev–Trinajstić information content (AvgIpc) is 3.10. The van der Waals surface area contributed by atoms with Crippen molar-refractivity contribution in [3.8, 4) is 6.07 Å². The Morgan fingerprint density at radius 2 is 2.03 bits per heavy atom. The number of aromatic nitrogens is 1. The number of carbonyl (C=O) groups excluding carboxylic acids is 2. The van der Waals surface area contributed by atoms with Crippen molar-refractivity contribution in [2.24, 2.45) is 0 Å². The van der Waals surface area contributed by atoms with Gasteiger partial charge in [-0.1, -0.05) is 34.1 Å². The van der Waals surface area contributed by atoms with Crippen molar-refractivity contribution in [2.45, 2.75) is 13.0 Å². The molecule has 3 aromatic rings. The highest BCUT2D eigenvalue weighted by Gasteiger charge is 2.16. The minimum absolute atomic E-state index is 0.225. The van der Waals surface area contributed by atoms with Gasteiger partial charge < -0.3 is 9.30 Å². The normalized spacial score (nSPS) is 10.9. The highest BCUT2D eigenvalue weighted by atomic mass is 79.9. The topological polar surface area (TPSA) is 72.1 Å². The number of hydrogen-bond acceptors (Lipinski definition) is 4. The van der Waals surface area contributed by atoms with E-state index in [1.54, 1.807) is 12.3 Å². The molecule has 3 rings (SSSR count). The number of rotatable bonds is 7. The number of nitrogens with zero attached hydrogens (tertiary/aromatic N) is 2. The first-order chi connectivity index (χ1) is 14.0. The van der Waals surface area contributed by atoms with Crippen LogP contribution in [0.15, 0.2) is 59.2 Å². The van der Waals surface area contributed by atoms with Gasteiger partial charge in [0.05, 0.1) is 12.5 Å². The molecule has 0 fully saturated rings. The molecule has 0 radical (unpaired) electrons. The number of nitriles is 1. The predicted molar refractivity (Wildman–Crippen MR) is 111 cm³/mol. The van der Waals surface area contributed by atoms with E-state index in [-0.39, 0.29) is 11.3 Å². The third-order valence-corrected chi connectivity index (χ3v) is 4.75. The van der Waals surface area contributed by atoms with E-state index < -0.39 is 18.4 Å². The van der Waals surface area contributed by atoms with Gasteiger partial charge >= 0.3 is 5.97 Å². The molecule has 0 unspecified atom stereocenters. The molecule has 0 aliphatic rings. The summed E-state index contributed by atoms with van der Waals surface area (Å²) in [5.41, 5.74) is 1.49. The van der Waals surface area contributed by atoms with Crippen LogP contribution in [-0.2, 0) is 16.1 Å². The van der Waals surface area contributed by atoms with E-state index in [1.165, 1.54) is 18.2 Å². The second kappa shape index (κ2) is 9.30. The summed E-state index contributed by atoms with van der Waals surface area (Å²) in [4.78, 5) is 24.5. The molecule has 0 saturated heterocycles. The van der Waals surface area contributed by atoms with Gasteiger partial charge in [-0.15, -0.1) is 0 Å². The quantitative estimate of drug-likeness (QED) is 0.289. The van der Waals surface area contributed by atoms with Gasteiger partial charge in [0, 0.05) is 45.3 Å². The largest absolute Gasteiger partial charge is 0.454 e. The van der Waals surface area contributed by atoms with Gasteiger partial charge in [0.15, 0.2) is 6.61 Å². The smallest absolute Gasteiger partial charge is 0.331 e. The van der Waals surface area contributed by atoms with Gasteiger partial charge in [-0.05, 0) is 30.3 Å². The molecule has 0 bridgehead atoms.